The lowest BCUT2D eigenvalue weighted by Crippen LogP contribution is -2.40. The molecular formula is C19H23N3O3. The Morgan fingerprint density at radius 2 is 2.12 bits per heavy atom. The molecule has 1 atom stereocenters. The van der Waals surface area contributed by atoms with Crippen LogP contribution in [0.1, 0.15) is 12.0 Å². The van der Waals surface area contributed by atoms with Gasteiger partial charge >= 0.3 is 6.03 Å². The largest absolute Gasteiger partial charge is 0.497 e. The second-order valence-corrected chi connectivity index (χ2v) is 5.97. The molecule has 1 aliphatic rings. The summed E-state index contributed by atoms with van der Waals surface area (Å²) in [5.74, 6) is 1.44. The number of carbonyl (C=O) groups excluding carboxylic acids is 1. The third kappa shape index (κ3) is 4.86. The molecule has 2 heterocycles. The lowest BCUT2D eigenvalue weighted by molar-refractivity contribution is 0.183. The van der Waals surface area contributed by atoms with Crippen molar-refractivity contribution in [2.24, 2.45) is 0 Å². The maximum Gasteiger partial charge on any atom is 0.317 e. The van der Waals surface area contributed by atoms with E-state index < -0.39 is 0 Å². The number of carbonyl (C=O) groups is 1. The molecule has 1 N–H and O–H groups in total. The van der Waals surface area contributed by atoms with Gasteiger partial charge in [0, 0.05) is 31.8 Å². The minimum atomic E-state index is -0.0411. The predicted octanol–water partition coefficient (Wildman–Crippen LogP) is 2.50. The molecule has 6 nitrogen and oxygen atoms in total. The predicted molar refractivity (Wildman–Crippen MR) is 94.9 cm³/mol. The summed E-state index contributed by atoms with van der Waals surface area (Å²) in [6.07, 6.45) is 3.32. The van der Waals surface area contributed by atoms with Gasteiger partial charge in [-0.25, -0.2) is 9.78 Å². The number of pyridine rings is 1. The number of nitrogens with zero attached hydrogens (tertiary/aromatic N) is 2. The molecule has 0 radical (unpaired) electrons. The Morgan fingerprint density at radius 1 is 1.28 bits per heavy atom. The van der Waals surface area contributed by atoms with E-state index in [4.69, 9.17) is 9.47 Å². The van der Waals surface area contributed by atoms with Gasteiger partial charge in [-0.1, -0.05) is 18.2 Å². The Labute approximate surface area is 147 Å². The highest BCUT2D eigenvalue weighted by atomic mass is 16.5. The summed E-state index contributed by atoms with van der Waals surface area (Å²) in [5, 5.41) is 2.97. The Balaban J connectivity index is 1.40. The average molecular weight is 341 g/mol. The zero-order valence-electron chi connectivity index (χ0n) is 14.4. The molecular weight excluding hydrogens is 318 g/mol. The first-order chi connectivity index (χ1) is 12.2. The van der Waals surface area contributed by atoms with Crippen molar-refractivity contribution in [1.82, 2.24) is 15.2 Å². The van der Waals surface area contributed by atoms with Crippen LogP contribution in [0, 0.1) is 0 Å². The van der Waals surface area contributed by atoms with Crippen molar-refractivity contribution in [1.29, 1.82) is 0 Å². The highest BCUT2D eigenvalue weighted by molar-refractivity contribution is 5.74. The van der Waals surface area contributed by atoms with Crippen molar-refractivity contribution in [3.05, 3.63) is 54.2 Å². The summed E-state index contributed by atoms with van der Waals surface area (Å²) in [5.41, 5.74) is 1.17. The van der Waals surface area contributed by atoms with Crippen molar-refractivity contribution in [3.63, 3.8) is 0 Å². The molecule has 2 amide bonds. The molecule has 132 valence electrons. The fraction of sp³-hybridized carbons (Fsp3) is 0.368. The van der Waals surface area contributed by atoms with E-state index in [2.05, 4.69) is 10.3 Å². The average Bonchev–Trinajstić information content (AvgIpc) is 3.12. The van der Waals surface area contributed by atoms with E-state index in [0.29, 0.717) is 25.5 Å². The van der Waals surface area contributed by atoms with E-state index in [1.165, 1.54) is 5.56 Å². The fourth-order valence-electron chi connectivity index (χ4n) is 2.81. The second-order valence-electron chi connectivity index (χ2n) is 5.97. The lowest BCUT2D eigenvalue weighted by atomic mass is 10.1. The molecule has 3 rings (SSSR count). The highest BCUT2D eigenvalue weighted by Gasteiger charge is 2.27. The molecule has 0 saturated carbocycles. The van der Waals surface area contributed by atoms with Crippen molar-refractivity contribution in [2.45, 2.75) is 18.9 Å². The Morgan fingerprint density at radius 3 is 2.84 bits per heavy atom. The summed E-state index contributed by atoms with van der Waals surface area (Å²) in [6, 6.07) is 13.4. The quantitative estimate of drug-likeness (QED) is 0.877. The van der Waals surface area contributed by atoms with Crippen molar-refractivity contribution < 1.29 is 14.3 Å². The molecule has 1 aromatic heterocycles. The number of ether oxygens (including phenoxy) is 2. The van der Waals surface area contributed by atoms with Gasteiger partial charge in [0.2, 0.25) is 5.88 Å². The van der Waals surface area contributed by atoms with Gasteiger partial charge < -0.3 is 19.7 Å². The van der Waals surface area contributed by atoms with Crippen molar-refractivity contribution >= 4 is 6.03 Å². The second kappa shape index (κ2) is 8.37. The number of likely N-dealkylation sites (tertiary alicyclic amines) is 1. The van der Waals surface area contributed by atoms with Gasteiger partial charge in [0.1, 0.15) is 11.9 Å². The van der Waals surface area contributed by atoms with Crippen LogP contribution < -0.4 is 14.8 Å². The van der Waals surface area contributed by atoms with Crippen LogP contribution in [-0.2, 0) is 6.42 Å². The van der Waals surface area contributed by atoms with Crippen LogP contribution in [0.4, 0.5) is 4.79 Å². The van der Waals surface area contributed by atoms with Gasteiger partial charge in [0.15, 0.2) is 0 Å². The SMILES string of the molecule is COc1ccc(CCNC(=O)N2CCC(Oc3ccccn3)C2)cc1. The summed E-state index contributed by atoms with van der Waals surface area (Å²) in [6.45, 7) is 1.89. The zero-order chi connectivity index (χ0) is 17.5. The van der Waals surface area contributed by atoms with E-state index in [0.717, 1.165) is 18.6 Å². The molecule has 0 bridgehead atoms. The molecule has 6 heteroatoms. The number of aromatic nitrogens is 1. The lowest BCUT2D eigenvalue weighted by Gasteiger charge is -2.17. The van der Waals surface area contributed by atoms with E-state index in [-0.39, 0.29) is 12.1 Å². The van der Waals surface area contributed by atoms with E-state index in [1.807, 2.05) is 42.5 Å². The molecule has 1 aliphatic heterocycles. The first-order valence-electron chi connectivity index (χ1n) is 8.48. The Kier molecular flexibility index (Phi) is 5.72. The number of benzene rings is 1. The fourth-order valence-corrected chi connectivity index (χ4v) is 2.81. The van der Waals surface area contributed by atoms with Crippen LogP contribution in [0.3, 0.4) is 0 Å². The molecule has 0 spiro atoms. The first-order valence-corrected chi connectivity index (χ1v) is 8.48. The minimum absolute atomic E-state index is 0.00207. The van der Waals surface area contributed by atoms with Gasteiger partial charge in [0.05, 0.1) is 13.7 Å². The van der Waals surface area contributed by atoms with Gasteiger partial charge in [-0.05, 0) is 30.2 Å². The molecule has 1 saturated heterocycles. The summed E-state index contributed by atoms with van der Waals surface area (Å²) >= 11 is 0. The molecule has 0 aliphatic carbocycles. The minimum Gasteiger partial charge on any atom is -0.497 e. The zero-order valence-corrected chi connectivity index (χ0v) is 14.4. The summed E-state index contributed by atoms with van der Waals surface area (Å²) in [4.78, 5) is 18.2. The van der Waals surface area contributed by atoms with E-state index in [9.17, 15) is 4.79 Å². The molecule has 25 heavy (non-hydrogen) atoms. The Bertz CT molecular complexity index is 676. The van der Waals surface area contributed by atoms with Crippen molar-refractivity contribution in [2.75, 3.05) is 26.7 Å². The number of methoxy groups -OCH3 is 1. The number of hydrogen-bond donors (Lipinski definition) is 1. The summed E-state index contributed by atoms with van der Waals surface area (Å²) in [7, 11) is 1.65. The topological polar surface area (TPSA) is 63.7 Å². The van der Waals surface area contributed by atoms with Crippen LogP contribution in [0.5, 0.6) is 11.6 Å². The first kappa shape index (κ1) is 17.1. The van der Waals surface area contributed by atoms with Gasteiger partial charge in [0.25, 0.3) is 0 Å². The number of nitrogens with one attached hydrogen (secondary N) is 1. The van der Waals surface area contributed by atoms with Crippen LogP contribution in [0.25, 0.3) is 0 Å². The van der Waals surface area contributed by atoms with Gasteiger partial charge in [-0.3, -0.25) is 0 Å². The number of rotatable bonds is 6. The van der Waals surface area contributed by atoms with E-state index >= 15 is 0 Å². The number of urea groups is 1. The molecule has 1 aromatic carbocycles. The molecule has 1 fully saturated rings. The molecule has 2 aromatic rings. The highest BCUT2D eigenvalue weighted by Crippen LogP contribution is 2.16. The van der Waals surface area contributed by atoms with Crippen LogP contribution in [0.2, 0.25) is 0 Å². The van der Waals surface area contributed by atoms with Crippen LogP contribution in [0.15, 0.2) is 48.7 Å². The van der Waals surface area contributed by atoms with Gasteiger partial charge in [-0.2, -0.15) is 0 Å². The standard InChI is InChI=1S/C19H23N3O3/c1-24-16-7-5-15(6-8-16)9-12-21-19(23)22-13-10-17(14-22)25-18-4-2-3-11-20-18/h2-8,11,17H,9-10,12-14H2,1H3,(H,21,23). The third-order valence-corrected chi connectivity index (χ3v) is 4.21. The van der Waals surface area contributed by atoms with Gasteiger partial charge in [-0.15, -0.1) is 0 Å². The maximum absolute atomic E-state index is 12.3. The Hall–Kier alpha value is -2.76. The third-order valence-electron chi connectivity index (χ3n) is 4.21. The number of hydrogen-bond acceptors (Lipinski definition) is 4. The normalized spacial score (nSPS) is 16.5. The van der Waals surface area contributed by atoms with Crippen LogP contribution in [-0.4, -0.2) is 48.8 Å². The van der Waals surface area contributed by atoms with Crippen LogP contribution >= 0.6 is 0 Å². The molecule has 1 unspecified atom stereocenters. The monoisotopic (exact) mass is 341 g/mol. The number of amides is 2. The summed E-state index contributed by atoms with van der Waals surface area (Å²) < 4.78 is 10.9. The van der Waals surface area contributed by atoms with E-state index in [1.54, 1.807) is 18.2 Å². The smallest absolute Gasteiger partial charge is 0.317 e. The maximum atomic E-state index is 12.3. The van der Waals surface area contributed by atoms with Crippen molar-refractivity contribution in [3.8, 4) is 11.6 Å².